The molecule has 66 valence electrons. The Hall–Kier alpha value is 0.746. The van der Waals surface area contributed by atoms with E-state index in [4.69, 9.17) is 9.79 Å². The van der Waals surface area contributed by atoms with E-state index in [0.717, 1.165) is 11.4 Å². The summed E-state index contributed by atoms with van der Waals surface area (Å²) in [5.74, 6) is 0.891. The molecule has 1 aromatic rings. The molecule has 0 aliphatic carbocycles. The molecule has 0 spiro atoms. The van der Waals surface area contributed by atoms with Crippen LogP contribution in [0, 0.1) is 0 Å². The van der Waals surface area contributed by atoms with Crippen LogP contribution in [0.3, 0.4) is 0 Å². The van der Waals surface area contributed by atoms with Gasteiger partial charge in [0.05, 0.1) is 0 Å². The topological polar surface area (TPSA) is 57.5 Å². The van der Waals surface area contributed by atoms with Gasteiger partial charge in [0.2, 0.25) is 0 Å². The molecule has 0 fully saturated rings. The maximum absolute atomic E-state index is 10.4. The third-order valence-corrected chi connectivity index (χ3v) is 1.80. The molecule has 1 rings (SSSR count). The molecule has 13 heavy (non-hydrogen) atoms. The normalized spacial score (nSPS) is 11.2. The van der Waals surface area contributed by atoms with E-state index in [1.807, 2.05) is 6.07 Å². The summed E-state index contributed by atoms with van der Waals surface area (Å²) in [5, 5.41) is 0. The van der Waals surface area contributed by atoms with Crippen LogP contribution in [0.5, 0.6) is 0 Å². The fraction of sp³-hybridized carbons (Fsp3) is 0. The summed E-state index contributed by atoms with van der Waals surface area (Å²) in [4.78, 5) is 17.0. The molecule has 0 bridgehead atoms. The SMILES string of the molecule is O=P(O)(O)C=Cc1ccccc1.[KH]. The summed E-state index contributed by atoms with van der Waals surface area (Å²) in [5.41, 5.74) is 0.779. The summed E-state index contributed by atoms with van der Waals surface area (Å²) in [6.07, 6.45) is 1.40. The van der Waals surface area contributed by atoms with Crippen LogP contribution in [0.25, 0.3) is 6.08 Å². The van der Waals surface area contributed by atoms with Crippen LogP contribution >= 0.6 is 7.60 Å². The molecule has 1 aromatic carbocycles. The number of hydrogen-bond acceptors (Lipinski definition) is 1. The van der Waals surface area contributed by atoms with Crippen molar-refractivity contribution in [3.05, 3.63) is 41.7 Å². The summed E-state index contributed by atoms with van der Waals surface area (Å²) in [6, 6.07) is 8.99. The summed E-state index contributed by atoms with van der Waals surface area (Å²) < 4.78 is 10.4. The Kier molecular flexibility index (Phi) is 6.63. The van der Waals surface area contributed by atoms with Crippen molar-refractivity contribution < 1.29 is 14.4 Å². The Morgan fingerprint density at radius 3 is 2.15 bits per heavy atom. The third-order valence-electron chi connectivity index (χ3n) is 1.26. The molecule has 0 aromatic heterocycles. The van der Waals surface area contributed by atoms with Gasteiger partial charge in [-0.05, 0) is 11.6 Å². The van der Waals surface area contributed by atoms with Crippen molar-refractivity contribution in [2.24, 2.45) is 0 Å². The molecule has 0 amide bonds. The molecule has 0 radical (unpaired) electrons. The molecule has 0 heterocycles. The second-order valence-electron chi connectivity index (χ2n) is 2.32. The van der Waals surface area contributed by atoms with Crippen molar-refractivity contribution in [2.45, 2.75) is 0 Å². The second kappa shape index (κ2) is 6.27. The molecule has 0 saturated carbocycles. The predicted molar refractivity (Wildman–Crippen MR) is 54.7 cm³/mol. The minimum absolute atomic E-state index is 0. The first-order valence-electron chi connectivity index (χ1n) is 3.37. The van der Waals surface area contributed by atoms with Crippen LogP contribution in [0.15, 0.2) is 36.1 Å². The Morgan fingerprint density at radius 1 is 1.15 bits per heavy atom. The molecular formula is C8H10KO3P. The van der Waals surface area contributed by atoms with Gasteiger partial charge in [0.1, 0.15) is 0 Å². The molecule has 5 heteroatoms. The van der Waals surface area contributed by atoms with Gasteiger partial charge in [-0.2, -0.15) is 0 Å². The van der Waals surface area contributed by atoms with Crippen LogP contribution in [-0.4, -0.2) is 61.2 Å². The molecular weight excluding hydrogens is 214 g/mol. The van der Waals surface area contributed by atoms with Gasteiger partial charge >= 0.3 is 59.0 Å². The summed E-state index contributed by atoms with van der Waals surface area (Å²) >= 11 is 0. The third kappa shape index (κ3) is 6.77. The van der Waals surface area contributed by atoms with Gasteiger partial charge in [-0.15, -0.1) is 0 Å². The Balaban J connectivity index is 0.00000144. The Labute approximate surface area is 119 Å². The van der Waals surface area contributed by atoms with E-state index < -0.39 is 7.60 Å². The zero-order chi connectivity index (χ0) is 9.03. The van der Waals surface area contributed by atoms with Gasteiger partial charge in [0.15, 0.2) is 0 Å². The zero-order valence-electron chi connectivity index (χ0n) is 6.29. The molecule has 0 saturated heterocycles. The van der Waals surface area contributed by atoms with E-state index in [2.05, 4.69) is 0 Å². The van der Waals surface area contributed by atoms with Crippen LogP contribution in [0.2, 0.25) is 0 Å². The molecule has 0 unspecified atom stereocenters. The van der Waals surface area contributed by atoms with E-state index in [-0.39, 0.29) is 51.4 Å². The zero-order valence-corrected chi connectivity index (χ0v) is 7.19. The number of hydrogen-bond donors (Lipinski definition) is 2. The molecule has 3 nitrogen and oxygen atoms in total. The van der Waals surface area contributed by atoms with Crippen molar-refractivity contribution in [1.82, 2.24) is 0 Å². The maximum atomic E-state index is 10.4. The van der Waals surface area contributed by atoms with E-state index in [1.165, 1.54) is 6.08 Å². The predicted octanol–water partition coefficient (Wildman–Crippen LogP) is 1.19. The molecule has 2 N–H and O–H groups in total. The summed E-state index contributed by atoms with van der Waals surface area (Å²) in [7, 11) is -4.01. The van der Waals surface area contributed by atoms with E-state index in [1.54, 1.807) is 24.3 Å². The molecule has 0 aliphatic rings. The van der Waals surface area contributed by atoms with Crippen molar-refractivity contribution in [3.8, 4) is 0 Å². The minimum atomic E-state index is -4.01. The van der Waals surface area contributed by atoms with Crippen molar-refractivity contribution in [1.29, 1.82) is 0 Å². The average Bonchev–Trinajstić information content (AvgIpc) is 2.02. The standard InChI is InChI=1S/C8H9O3P.K.H/c9-12(10,11)7-6-8-4-2-1-3-5-8;;/h1-7H,(H2,9,10,11);;. The first-order chi connectivity index (χ1) is 5.58. The Morgan fingerprint density at radius 2 is 1.69 bits per heavy atom. The van der Waals surface area contributed by atoms with Gasteiger partial charge in [-0.25, -0.2) is 0 Å². The number of rotatable bonds is 2. The molecule has 0 aliphatic heterocycles. The van der Waals surface area contributed by atoms with Gasteiger partial charge in [-0.1, -0.05) is 30.3 Å². The second-order valence-corrected chi connectivity index (χ2v) is 3.79. The summed E-state index contributed by atoms with van der Waals surface area (Å²) in [6.45, 7) is 0. The van der Waals surface area contributed by atoms with Gasteiger partial charge < -0.3 is 9.79 Å². The van der Waals surface area contributed by atoms with E-state index in [0.29, 0.717) is 0 Å². The van der Waals surface area contributed by atoms with Crippen LogP contribution in [-0.2, 0) is 4.57 Å². The van der Waals surface area contributed by atoms with Crippen molar-refractivity contribution in [2.75, 3.05) is 0 Å². The Bertz CT molecular complexity index is 317. The fourth-order valence-corrected chi connectivity index (χ4v) is 1.11. The van der Waals surface area contributed by atoms with Gasteiger partial charge in [0.25, 0.3) is 0 Å². The van der Waals surface area contributed by atoms with Crippen molar-refractivity contribution >= 4 is 65.1 Å². The number of benzene rings is 1. The van der Waals surface area contributed by atoms with E-state index >= 15 is 0 Å². The van der Waals surface area contributed by atoms with Crippen LogP contribution < -0.4 is 0 Å². The average molecular weight is 224 g/mol. The van der Waals surface area contributed by atoms with Crippen LogP contribution in [0.4, 0.5) is 0 Å². The van der Waals surface area contributed by atoms with Crippen molar-refractivity contribution in [3.63, 3.8) is 0 Å². The quantitative estimate of drug-likeness (QED) is 0.586. The first kappa shape index (κ1) is 13.7. The molecule has 0 atom stereocenters. The van der Waals surface area contributed by atoms with E-state index in [9.17, 15) is 4.57 Å². The monoisotopic (exact) mass is 224 g/mol. The van der Waals surface area contributed by atoms with Gasteiger partial charge in [0, 0.05) is 5.82 Å². The fourth-order valence-electron chi connectivity index (χ4n) is 0.747. The van der Waals surface area contributed by atoms with Crippen LogP contribution in [0.1, 0.15) is 5.56 Å². The first-order valence-corrected chi connectivity index (χ1v) is 5.06. The van der Waals surface area contributed by atoms with Gasteiger partial charge in [-0.3, -0.25) is 4.57 Å².